The van der Waals surface area contributed by atoms with Gasteiger partial charge in [0, 0.05) is 18.8 Å². The third-order valence-electron chi connectivity index (χ3n) is 3.91. The van der Waals surface area contributed by atoms with E-state index < -0.39 is 0 Å². The Kier molecular flexibility index (Phi) is 5.70. The number of rotatable bonds is 6. The third kappa shape index (κ3) is 4.31. The molecule has 6 nitrogen and oxygen atoms in total. The molecule has 1 aromatic heterocycles. The van der Waals surface area contributed by atoms with Crippen LogP contribution in [0.3, 0.4) is 0 Å². The van der Waals surface area contributed by atoms with E-state index in [1.807, 2.05) is 30.3 Å². The fraction of sp³-hybridized carbons (Fsp3) is 0.158. The third-order valence-corrected chi connectivity index (χ3v) is 4.18. The number of nitrogens with one attached hydrogen (secondary N) is 1. The van der Waals surface area contributed by atoms with E-state index in [-0.39, 0.29) is 10.3 Å². The molecule has 0 fully saturated rings. The highest BCUT2D eigenvalue weighted by molar-refractivity contribution is 7.71. The van der Waals surface area contributed by atoms with Gasteiger partial charge in [0.25, 0.3) is 5.56 Å². The summed E-state index contributed by atoms with van der Waals surface area (Å²) >= 11 is 5.01. The zero-order valence-corrected chi connectivity index (χ0v) is 15.2. The van der Waals surface area contributed by atoms with Gasteiger partial charge in [0.05, 0.1) is 6.21 Å². The molecule has 0 aliphatic heterocycles. The fourth-order valence-electron chi connectivity index (χ4n) is 2.54. The lowest BCUT2D eigenvalue weighted by Crippen LogP contribution is -2.21. The highest BCUT2D eigenvalue weighted by atomic mass is 32.1. The molecule has 132 valence electrons. The largest absolute Gasteiger partial charge is 0.367 e. The number of aromatic nitrogens is 3. The second-order valence-electron chi connectivity index (χ2n) is 5.66. The Labute approximate surface area is 156 Å². The van der Waals surface area contributed by atoms with Gasteiger partial charge < -0.3 is 4.90 Å². The van der Waals surface area contributed by atoms with Crippen LogP contribution in [0, 0.1) is 4.77 Å². The monoisotopic (exact) mass is 365 g/mol. The summed E-state index contributed by atoms with van der Waals surface area (Å²) in [5, 5.41) is 10.3. The molecule has 0 unspecified atom stereocenters. The molecule has 0 saturated heterocycles. The van der Waals surface area contributed by atoms with Gasteiger partial charge in [0.2, 0.25) is 4.77 Å². The average molecular weight is 365 g/mol. The van der Waals surface area contributed by atoms with E-state index in [0.717, 1.165) is 35.2 Å². The molecule has 0 amide bonds. The lowest BCUT2D eigenvalue weighted by Gasteiger charge is -2.23. The SMILES string of the molecule is CCN(Cc1ccccc1)c1ccc(/C=N\n2c(=O)cn[nH]c2=S)cc1. The summed E-state index contributed by atoms with van der Waals surface area (Å²) in [5.74, 6) is 0. The second kappa shape index (κ2) is 8.35. The minimum absolute atomic E-state index is 0.158. The quantitative estimate of drug-likeness (QED) is 0.538. The molecular formula is C19H19N5OS. The zero-order chi connectivity index (χ0) is 18.4. The summed E-state index contributed by atoms with van der Waals surface area (Å²) in [6, 6.07) is 18.4. The smallest absolute Gasteiger partial charge is 0.293 e. The maximum absolute atomic E-state index is 11.7. The first-order valence-electron chi connectivity index (χ1n) is 8.27. The Balaban J connectivity index is 1.76. The lowest BCUT2D eigenvalue weighted by atomic mass is 10.1. The molecular weight excluding hydrogens is 346 g/mol. The Hall–Kier alpha value is -3.06. The molecule has 0 spiro atoms. The van der Waals surface area contributed by atoms with E-state index >= 15 is 0 Å². The van der Waals surface area contributed by atoms with Gasteiger partial charge >= 0.3 is 0 Å². The Morgan fingerprint density at radius 2 is 1.92 bits per heavy atom. The molecule has 7 heteroatoms. The fourth-order valence-corrected chi connectivity index (χ4v) is 2.73. The molecule has 0 bridgehead atoms. The van der Waals surface area contributed by atoms with Crippen molar-refractivity contribution in [2.24, 2.45) is 5.10 Å². The molecule has 1 heterocycles. The van der Waals surface area contributed by atoms with Gasteiger partial charge in [-0.1, -0.05) is 42.5 Å². The van der Waals surface area contributed by atoms with Crippen LogP contribution in [0.4, 0.5) is 5.69 Å². The lowest BCUT2D eigenvalue weighted by molar-refractivity contribution is 0.738. The van der Waals surface area contributed by atoms with E-state index in [2.05, 4.69) is 51.4 Å². The van der Waals surface area contributed by atoms with Gasteiger partial charge in [-0.05, 0) is 42.4 Å². The molecule has 0 aliphatic carbocycles. The summed E-state index contributed by atoms with van der Waals surface area (Å²) in [4.78, 5) is 14.0. The van der Waals surface area contributed by atoms with Crippen molar-refractivity contribution in [2.45, 2.75) is 13.5 Å². The predicted octanol–water partition coefficient (Wildman–Crippen LogP) is 3.21. The molecule has 2 aromatic carbocycles. The van der Waals surface area contributed by atoms with Crippen LogP contribution in [-0.4, -0.2) is 27.6 Å². The van der Waals surface area contributed by atoms with Gasteiger partial charge in [0.1, 0.15) is 6.20 Å². The summed E-state index contributed by atoms with van der Waals surface area (Å²) in [7, 11) is 0. The van der Waals surface area contributed by atoms with E-state index in [1.54, 1.807) is 6.21 Å². The van der Waals surface area contributed by atoms with Crippen molar-refractivity contribution < 1.29 is 0 Å². The van der Waals surface area contributed by atoms with Crippen LogP contribution >= 0.6 is 12.2 Å². The minimum Gasteiger partial charge on any atom is -0.367 e. The van der Waals surface area contributed by atoms with Crippen LogP contribution < -0.4 is 10.5 Å². The summed E-state index contributed by atoms with van der Waals surface area (Å²) < 4.78 is 1.26. The van der Waals surface area contributed by atoms with Crippen molar-refractivity contribution in [1.29, 1.82) is 0 Å². The Bertz CT molecular complexity index is 964. The van der Waals surface area contributed by atoms with E-state index in [0.29, 0.717) is 0 Å². The molecule has 3 rings (SSSR count). The van der Waals surface area contributed by atoms with Gasteiger partial charge in [-0.3, -0.25) is 9.89 Å². The topological polar surface area (TPSA) is 66.3 Å². The standard InChI is InChI=1S/C19H19N5OS/c1-2-23(14-16-6-4-3-5-7-16)17-10-8-15(9-11-17)12-21-24-18(25)13-20-22-19(24)26/h3-13H,2,14H2,1H3,(H,22,26)/b21-12-. The van der Waals surface area contributed by atoms with Crippen LogP contribution in [-0.2, 0) is 6.54 Å². The Morgan fingerprint density at radius 3 is 2.58 bits per heavy atom. The molecule has 0 saturated carbocycles. The van der Waals surface area contributed by atoms with Gasteiger partial charge in [0.15, 0.2) is 0 Å². The van der Waals surface area contributed by atoms with E-state index in [9.17, 15) is 4.79 Å². The molecule has 1 N–H and O–H groups in total. The van der Waals surface area contributed by atoms with Crippen molar-refractivity contribution in [2.75, 3.05) is 11.4 Å². The normalized spacial score (nSPS) is 11.0. The number of H-pyrrole nitrogens is 1. The molecule has 0 aliphatic rings. The predicted molar refractivity (Wildman–Crippen MR) is 106 cm³/mol. The number of hydrogen-bond acceptors (Lipinski definition) is 5. The van der Waals surface area contributed by atoms with Gasteiger partial charge in [-0.2, -0.15) is 14.9 Å². The number of anilines is 1. The van der Waals surface area contributed by atoms with E-state index in [1.165, 1.54) is 5.56 Å². The van der Waals surface area contributed by atoms with Gasteiger partial charge in [-0.25, -0.2) is 0 Å². The maximum Gasteiger partial charge on any atom is 0.293 e. The van der Waals surface area contributed by atoms with Crippen LogP contribution in [0.1, 0.15) is 18.1 Å². The van der Waals surface area contributed by atoms with Crippen LogP contribution in [0.15, 0.2) is 70.7 Å². The van der Waals surface area contributed by atoms with Crippen molar-refractivity contribution in [3.8, 4) is 0 Å². The molecule has 26 heavy (non-hydrogen) atoms. The number of hydrogen-bond donors (Lipinski definition) is 1. The van der Waals surface area contributed by atoms with E-state index in [4.69, 9.17) is 12.2 Å². The first kappa shape index (κ1) is 17.8. The maximum atomic E-state index is 11.7. The highest BCUT2D eigenvalue weighted by Crippen LogP contribution is 2.17. The van der Waals surface area contributed by atoms with Crippen LogP contribution in [0.25, 0.3) is 0 Å². The summed E-state index contributed by atoms with van der Waals surface area (Å²) in [6.45, 7) is 3.89. The summed E-state index contributed by atoms with van der Waals surface area (Å²) in [5.41, 5.74) is 2.91. The van der Waals surface area contributed by atoms with Crippen molar-refractivity contribution >= 4 is 24.1 Å². The minimum atomic E-state index is -0.373. The zero-order valence-electron chi connectivity index (χ0n) is 14.4. The number of aromatic amines is 1. The van der Waals surface area contributed by atoms with Crippen LogP contribution in [0.2, 0.25) is 0 Å². The summed E-state index contributed by atoms with van der Waals surface area (Å²) in [6.07, 6.45) is 2.74. The van der Waals surface area contributed by atoms with Gasteiger partial charge in [-0.15, -0.1) is 0 Å². The van der Waals surface area contributed by atoms with Crippen molar-refractivity contribution in [3.63, 3.8) is 0 Å². The molecule has 0 radical (unpaired) electrons. The highest BCUT2D eigenvalue weighted by Gasteiger charge is 2.05. The number of nitrogens with zero attached hydrogens (tertiary/aromatic N) is 4. The average Bonchev–Trinajstić information content (AvgIpc) is 2.67. The van der Waals surface area contributed by atoms with Crippen molar-refractivity contribution in [3.05, 3.63) is 87.0 Å². The van der Waals surface area contributed by atoms with Crippen molar-refractivity contribution in [1.82, 2.24) is 14.9 Å². The molecule has 3 aromatic rings. The Morgan fingerprint density at radius 1 is 1.19 bits per heavy atom. The first-order chi connectivity index (χ1) is 12.7. The number of benzene rings is 2. The first-order valence-corrected chi connectivity index (χ1v) is 8.68. The second-order valence-corrected chi connectivity index (χ2v) is 6.05. The van der Waals surface area contributed by atoms with Crippen LogP contribution in [0.5, 0.6) is 0 Å². The molecule has 0 atom stereocenters.